The smallest absolute Gasteiger partial charge is 0.247 e. The molecule has 0 aromatic heterocycles. The van der Waals surface area contributed by atoms with Crippen molar-refractivity contribution in [1.82, 2.24) is 4.31 Å². The van der Waals surface area contributed by atoms with Gasteiger partial charge in [0, 0.05) is 6.54 Å². The SMILES string of the molecule is COc1cc(C)c(C)cc1S(=O)(=O)N1CCOCC1CO. The normalized spacial score (nSPS) is 20.5. The van der Waals surface area contributed by atoms with Crippen molar-refractivity contribution < 1.29 is 23.0 Å². The lowest BCUT2D eigenvalue weighted by atomic mass is 10.1. The molecule has 0 amide bonds. The summed E-state index contributed by atoms with van der Waals surface area (Å²) in [7, 11) is -2.29. The summed E-state index contributed by atoms with van der Waals surface area (Å²) < 4.78 is 37.5. The maximum atomic E-state index is 12.9. The lowest BCUT2D eigenvalue weighted by Crippen LogP contribution is -2.50. The number of benzene rings is 1. The maximum Gasteiger partial charge on any atom is 0.247 e. The van der Waals surface area contributed by atoms with Gasteiger partial charge in [-0.15, -0.1) is 0 Å². The van der Waals surface area contributed by atoms with Crippen molar-refractivity contribution in [3.05, 3.63) is 23.3 Å². The van der Waals surface area contributed by atoms with Crippen molar-refractivity contribution in [3.63, 3.8) is 0 Å². The molecule has 1 heterocycles. The second-order valence-corrected chi connectivity index (χ2v) is 6.97. The van der Waals surface area contributed by atoms with Crippen LogP contribution in [0.1, 0.15) is 11.1 Å². The summed E-state index contributed by atoms with van der Waals surface area (Å²) in [6.45, 7) is 4.23. The molecule has 1 saturated heterocycles. The quantitative estimate of drug-likeness (QED) is 0.885. The molecule has 1 aromatic carbocycles. The van der Waals surface area contributed by atoms with Crippen molar-refractivity contribution in [3.8, 4) is 5.75 Å². The highest BCUT2D eigenvalue weighted by atomic mass is 32.2. The standard InChI is InChI=1S/C14H21NO5S/c1-10-6-13(19-3)14(7-11(10)2)21(17,18)15-4-5-20-9-12(15)8-16/h6-7,12,16H,4-5,8-9H2,1-3H3. The molecule has 2 rings (SSSR count). The van der Waals surface area contributed by atoms with Crippen molar-refractivity contribution in [2.45, 2.75) is 24.8 Å². The van der Waals surface area contributed by atoms with Gasteiger partial charge in [0.1, 0.15) is 10.6 Å². The molecule has 118 valence electrons. The zero-order valence-corrected chi connectivity index (χ0v) is 13.3. The fourth-order valence-electron chi connectivity index (χ4n) is 2.35. The van der Waals surface area contributed by atoms with Crippen LogP contribution in [0.2, 0.25) is 0 Å². The van der Waals surface area contributed by atoms with Gasteiger partial charge in [0.15, 0.2) is 0 Å². The predicted molar refractivity (Wildman–Crippen MR) is 78.1 cm³/mol. The van der Waals surface area contributed by atoms with Crippen molar-refractivity contribution in [2.24, 2.45) is 0 Å². The van der Waals surface area contributed by atoms with E-state index in [0.29, 0.717) is 12.4 Å². The van der Waals surface area contributed by atoms with Crippen LogP contribution in [0.4, 0.5) is 0 Å². The summed E-state index contributed by atoms with van der Waals surface area (Å²) in [4.78, 5) is 0.133. The number of ether oxygens (including phenoxy) is 2. The number of nitrogens with zero attached hydrogens (tertiary/aromatic N) is 1. The van der Waals surface area contributed by atoms with Crippen LogP contribution in [0, 0.1) is 13.8 Å². The topological polar surface area (TPSA) is 76.1 Å². The molecule has 1 fully saturated rings. The third kappa shape index (κ3) is 3.06. The molecule has 0 saturated carbocycles. The largest absolute Gasteiger partial charge is 0.495 e. The van der Waals surface area contributed by atoms with E-state index >= 15 is 0 Å². The maximum absolute atomic E-state index is 12.9. The van der Waals surface area contributed by atoms with Crippen LogP contribution < -0.4 is 4.74 Å². The van der Waals surface area contributed by atoms with Gasteiger partial charge >= 0.3 is 0 Å². The fraction of sp³-hybridized carbons (Fsp3) is 0.571. The summed E-state index contributed by atoms with van der Waals surface area (Å²) in [6.07, 6.45) is 0. The minimum Gasteiger partial charge on any atom is -0.495 e. The van der Waals surface area contributed by atoms with E-state index in [2.05, 4.69) is 0 Å². The average Bonchev–Trinajstić information content (AvgIpc) is 2.49. The zero-order valence-electron chi connectivity index (χ0n) is 12.5. The first-order valence-electron chi connectivity index (χ1n) is 6.77. The van der Waals surface area contributed by atoms with Gasteiger partial charge < -0.3 is 14.6 Å². The summed E-state index contributed by atoms with van der Waals surface area (Å²) in [5.74, 6) is 0.321. The Hall–Kier alpha value is -1.15. The summed E-state index contributed by atoms with van der Waals surface area (Å²) in [5, 5.41) is 9.38. The molecular formula is C14H21NO5S. The number of methoxy groups -OCH3 is 1. The number of aryl methyl sites for hydroxylation is 2. The highest BCUT2D eigenvalue weighted by Crippen LogP contribution is 2.31. The van der Waals surface area contributed by atoms with E-state index in [1.807, 2.05) is 13.8 Å². The lowest BCUT2D eigenvalue weighted by Gasteiger charge is -2.33. The average molecular weight is 315 g/mol. The van der Waals surface area contributed by atoms with Gasteiger partial charge in [-0.05, 0) is 37.1 Å². The molecule has 1 N–H and O–H groups in total. The molecule has 21 heavy (non-hydrogen) atoms. The van der Waals surface area contributed by atoms with Gasteiger partial charge in [-0.25, -0.2) is 8.42 Å². The number of sulfonamides is 1. The Morgan fingerprint density at radius 2 is 2.05 bits per heavy atom. The van der Waals surface area contributed by atoms with E-state index < -0.39 is 16.1 Å². The predicted octanol–water partition coefficient (Wildman–Crippen LogP) is 0.694. The Morgan fingerprint density at radius 3 is 2.67 bits per heavy atom. The molecule has 1 unspecified atom stereocenters. The summed E-state index contributed by atoms with van der Waals surface area (Å²) >= 11 is 0. The molecule has 0 aliphatic carbocycles. The Labute approximate surface area is 125 Å². The van der Waals surface area contributed by atoms with Crippen LogP contribution in [0.15, 0.2) is 17.0 Å². The Balaban J connectivity index is 2.50. The molecule has 0 bridgehead atoms. The van der Waals surface area contributed by atoms with Gasteiger partial charge in [-0.1, -0.05) is 0 Å². The van der Waals surface area contributed by atoms with Crippen LogP contribution in [0.3, 0.4) is 0 Å². The van der Waals surface area contributed by atoms with Crippen molar-refractivity contribution in [1.29, 1.82) is 0 Å². The Kier molecular flexibility index (Phi) is 4.88. The first-order valence-corrected chi connectivity index (χ1v) is 8.21. The molecular weight excluding hydrogens is 294 g/mol. The molecule has 1 aliphatic rings. The van der Waals surface area contributed by atoms with Crippen LogP contribution in [0.25, 0.3) is 0 Å². The molecule has 1 atom stereocenters. The molecule has 1 aliphatic heterocycles. The van der Waals surface area contributed by atoms with E-state index in [1.165, 1.54) is 11.4 Å². The second-order valence-electron chi connectivity index (χ2n) is 5.11. The number of morpholine rings is 1. The summed E-state index contributed by atoms with van der Waals surface area (Å²) in [5.41, 5.74) is 1.84. The highest BCUT2D eigenvalue weighted by Gasteiger charge is 2.35. The van der Waals surface area contributed by atoms with Gasteiger partial charge in [0.2, 0.25) is 10.0 Å². The van der Waals surface area contributed by atoms with Gasteiger partial charge in [-0.3, -0.25) is 0 Å². The minimum atomic E-state index is -3.74. The molecule has 0 radical (unpaired) electrons. The second kappa shape index (κ2) is 6.31. The first kappa shape index (κ1) is 16.2. The third-order valence-corrected chi connectivity index (χ3v) is 5.72. The number of hydrogen-bond donors (Lipinski definition) is 1. The van der Waals surface area contributed by atoms with Crippen LogP contribution in [-0.4, -0.2) is 57.3 Å². The van der Waals surface area contributed by atoms with E-state index in [0.717, 1.165) is 11.1 Å². The van der Waals surface area contributed by atoms with E-state index in [9.17, 15) is 13.5 Å². The Bertz CT molecular complexity index is 614. The fourth-order valence-corrected chi connectivity index (χ4v) is 4.16. The summed E-state index contributed by atoms with van der Waals surface area (Å²) in [6, 6.07) is 2.78. The first-order chi connectivity index (χ1) is 9.91. The Morgan fingerprint density at radius 1 is 1.38 bits per heavy atom. The molecule has 1 aromatic rings. The van der Waals surface area contributed by atoms with Crippen LogP contribution in [-0.2, 0) is 14.8 Å². The number of aliphatic hydroxyl groups excluding tert-OH is 1. The number of aliphatic hydroxyl groups is 1. The molecule has 7 heteroatoms. The third-order valence-electron chi connectivity index (χ3n) is 3.75. The van der Waals surface area contributed by atoms with Crippen molar-refractivity contribution >= 4 is 10.0 Å². The molecule has 0 spiro atoms. The van der Waals surface area contributed by atoms with Crippen LogP contribution in [0.5, 0.6) is 5.75 Å². The lowest BCUT2D eigenvalue weighted by molar-refractivity contribution is 0.0108. The van der Waals surface area contributed by atoms with Gasteiger partial charge in [-0.2, -0.15) is 4.31 Å². The zero-order chi connectivity index (χ0) is 15.6. The van der Waals surface area contributed by atoms with Crippen LogP contribution >= 0.6 is 0 Å². The number of hydrogen-bond acceptors (Lipinski definition) is 5. The van der Waals surface area contributed by atoms with Gasteiger partial charge in [0.25, 0.3) is 0 Å². The highest BCUT2D eigenvalue weighted by molar-refractivity contribution is 7.89. The number of rotatable bonds is 4. The van der Waals surface area contributed by atoms with E-state index in [4.69, 9.17) is 9.47 Å². The van der Waals surface area contributed by atoms with Gasteiger partial charge in [0.05, 0.1) is 33.0 Å². The molecule has 6 nitrogen and oxygen atoms in total. The monoisotopic (exact) mass is 315 g/mol. The van der Waals surface area contributed by atoms with E-state index in [-0.39, 0.29) is 24.7 Å². The van der Waals surface area contributed by atoms with Crippen molar-refractivity contribution in [2.75, 3.05) is 33.5 Å². The van der Waals surface area contributed by atoms with E-state index in [1.54, 1.807) is 12.1 Å². The minimum absolute atomic E-state index is 0.133.